The highest BCUT2D eigenvalue weighted by molar-refractivity contribution is 5.20. The summed E-state index contributed by atoms with van der Waals surface area (Å²) in [5.41, 5.74) is -1.79. The van der Waals surface area contributed by atoms with Crippen LogP contribution in [0.1, 0.15) is 40.0 Å². The maximum atomic E-state index is 10.2. The summed E-state index contributed by atoms with van der Waals surface area (Å²) in [7, 11) is 0. The number of aliphatic hydroxyl groups is 2. The van der Waals surface area contributed by atoms with E-state index in [4.69, 9.17) is 0 Å². The first-order valence-electron chi connectivity index (χ1n) is 4.76. The van der Waals surface area contributed by atoms with Gasteiger partial charge in [0, 0.05) is 0 Å². The van der Waals surface area contributed by atoms with Crippen molar-refractivity contribution in [1.29, 1.82) is 0 Å². The monoisotopic (exact) mass is 170 g/mol. The summed E-state index contributed by atoms with van der Waals surface area (Å²) in [5.74, 6) is 0.614. The van der Waals surface area contributed by atoms with Crippen molar-refractivity contribution < 1.29 is 10.2 Å². The van der Waals surface area contributed by atoms with Gasteiger partial charge >= 0.3 is 0 Å². The molecular weight excluding hydrogens is 152 g/mol. The van der Waals surface area contributed by atoms with Crippen molar-refractivity contribution in [3.8, 4) is 0 Å². The van der Waals surface area contributed by atoms with Gasteiger partial charge in [0.1, 0.15) is 0 Å². The molecule has 0 aromatic rings. The van der Waals surface area contributed by atoms with Crippen molar-refractivity contribution in [2.75, 3.05) is 0 Å². The van der Waals surface area contributed by atoms with Gasteiger partial charge in [-0.1, -0.05) is 13.8 Å². The second-order valence-electron chi connectivity index (χ2n) is 5.30. The van der Waals surface area contributed by atoms with Gasteiger partial charge in [0.05, 0.1) is 11.2 Å². The van der Waals surface area contributed by atoms with Crippen molar-refractivity contribution in [2.24, 2.45) is 11.3 Å². The highest BCUT2D eigenvalue weighted by atomic mass is 16.4. The lowest BCUT2D eigenvalue weighted by molar-refractivity contribution is -0.312. The van der Waals surface area contributed by atoms with E-state index in [1.807, 2.05) is 0 Å². The molecule has 70 valence electrons. The summed E-state index contributed by atoms with van der Waals surface area (Å²) < 4.78 is 0. The van der Waals surface area contributed by atoms with Gasteiger partial charge in [0.15, 0.2) is 0 Å². The minimum absolute atomic E-state index is 0.0885. The molecule has 3 saturated carbocycles. The Hall–Kier alpha value is -0.0800. The van der Waals surface area contributed by atoms with Gasteiger partial charge < -0.3 is 10.2 Å². The number of fused-ring (bicyclic) bond motifs is 2. The van der Waals surface area contributed by atoms with Crippen LogP contribution in [0.5, 0.6) is 0 Å². The smallest absolute Gasteiger partial charge is 0.0986 e. The van der Waals surface area contributed by atoms with Crippen molar-refractivity contribution in [2.45, 2.75) is 51.2 Å². The minimum Gasteiger partial charge on any atom is -0.387 e. The number of hydrogen-bond donors (Lipinski definition) is 2. The second kappa shape index (κ2) is 1.88. The summed E-state index contributed by atoms with van der Waals surface area (Å²) in [6.07, 6.45) is 2.59. The molecule has 0 heterocycles. The highest BCUT2D eigenvalue weighted by Crippen LogP contribution is 2.65. The van der Waals surface area contributed by atoms with E-state index in [-0.39, 0.29) is 5.41 Å². The molecule has 0 aromatic heterocycles. The molecule has 0 aliphatic heterocycles. The van der Waals surface area contributed by atoms with Crippen molar-refractivity contribution >= 4 is 0 Å². The van der Waals surface area contributed by atoms with Crippen LogP contribution in [-0.2, 0) is 0 Å². The molecule has 2 N–H and O–H groups in total. The van der Waals surface area contributed by atoms with Crippen LogP contribution >= 0.6 is 0 Å². The van der Waals surface area contributed by atoms with Crippen LogP contribution < -0.4 is 0 Å². The van der Waals surface area contributed by atoms with E-state index >= 15 is 0 Å². The maximum Gasteiger partial charge on any atom is 0.0986 e. The molecule has 3 aliphatic carbocycles. The quantitative estimate of drug-likeness (QED) is 0.575. The first-order valence-corrected chi connectivity index (χ1v) is 4.76. The SMILES string of the molecule is CC1(C)[C@H]2CC[C@@](C)(O)[C@@]1(O)C2. The molecule has 0 unspecified atom stereocenters. The minimum atomic E-state index is -0.870. The molecule has 3 aliphatic rings. The molecule has 2 bridgehead atoms. The van der Waals surface area contributed by atoms with Gasteiger partial charge in [0.2, 0.25) is 0 Å². The summed E-state index contributed by atoms with van der Waals surface area (Å²) in [5, 5.41) is 20.3. The van der Waals surface area contributed by atoms with Gasteiger partial charge in [-0.15, -0.1) is 0 Å². The zero-order valence-electron chi connectivity index (χ0n) is 8.09. The van der Waals surface area contributed by atoms with E-state index < -0.39 is 11.2 Å². The summed E-state index contributed by atoms with van der Waals surface area (Å²) in [4.78, 5) is 0. The first kappa shape index (κ1) is 8.52. The van der Waals surface area contributed by atoms with Gasteiger partial charge in [0.25, 0.3) is 0 Å². The molecule has 0 radical (unpaired) electrons. The molecule has 2 heteroatoms. The van der Waals surface area contributed by atoms with E-state index in [0.717, 1.165) is 19.3 Å². The Labute approximate surface area is 73.6 Å². The van der Waals surface area contributed by atoms with Crippen LogP contribution in [-0.4, -0.2) is 21.4 Å². The summed E-state index contributed by atoms with van der Waals surface area (Å²) >= 11 is 0. The Balaban J connectivity index is 2.37. The fraction of sp³-hybridized carbons (Fsp3) is 1.00. The molecule has 0 aromatic carbocycles. The van der Waals surface area contributed by atoms with E-state index in [1.54, 1.807) is 6.92 Å². The zero-order valence-corrected chi connectivity index (χ0v) is 8.09. The highest BCUT2D eigenvalue weighted by Gasteiger charge is 2.69. The Kier molecular flexibility index (Phi) is 1.33. The van der Waals surface area contributed by atoms with Gasteiger partial charge in [-0.2, -0.15) is 0 Å². The van der Waals surface area contributed by atoms with Crippen LogP contribution in [0.15, 0.2) is 0 Å². The van der Waals surface area contributed by atoms with Crippen LogP contribution in [0.2, 0.25) is 0 Å². The normalized spacial score (nSPS) is 56.2. The molecule has 0 amide bonds. The molecule has 12 heavy (non-hydrogen) atoms. The summed E-state index contributed by atoms with van der Waals surface area (Å²) in [6, 6.07) is 0. The molecule has 3 rings (SSSR count). The van der Waals surface area contributed by atoms with Crippen LogP contribution in [0, 0.1) is 11.3 Å². The maximum absolute atomic E-state index is 10.2. The molecule has 3 fully saturated rings. The molecule has 2 nitrogen and oxygen atoms in total. The van der Waals surface area contributed by atoms with Gasteiger partial charge in [-0.3, -0.25) is 0 Å². The van der Waals surface area contributed by atoms with Crippen molar-refractivity contribution in [1.82, 2.24) is 0 Å². The molecule has 0 saturated heterocycles. The van der Waals surface area contributed by atoms with E-state index in [9.17, 15) is 10.2 Å². The second-order valence-corrected chi connectivity index (χ2v) is 5.30. The largest absolute Gasteiger partial charge is 0.387 e. The van der Waals surface area contributed by atoms with E-state index in [2.05, 4.69) is 13.8 Å². The third kappa shape index (κ3) is 0.647. The number of rotatable bonds is 0. The average molecular weight is 170 g/mol. The fourth-order valence-corrected chi connectivity index (χ4v) is 3.12. The fourth-order valence-electron chi connectivity index (χ4n) is 3.12. The first-order chi connectivity index (χ1) is 5.31. The molecular formula is C10H18O2. The Morgan fingerprint density at radius 2 is 1.75 bits per heavy atom. The van der Waals surface area contributed by atoms with Gasteiger partial charge in [-0.05, 0) is 37.5 Å². The summed E-state index contributed by atoms with van der Waals surface area (Å²) in [6.45, 7) is 5.90. The molecule has 3 atom stereocenters. The molecule has 0 spiro atoms. The van der Waals surface area contributed by atoms with Crippen molar-refractivity contribution in [3.63, 3.8) is 0 Å². The van der Waals surface area contributed by atoms with E-state index in [1.165, 1.54) is 0 Å². The van der Waals surface area contributed by atoms with Crippen LogP contribution in [0.3, 0.4) is 0 Å². The topological polar surface area (TPSA) is 40.5 Å². The lowest BCUT2D eigenvalue weighted by atomic mass is 9.41. The Morgan fingerprint density at radius 1 is 1.17 bits per heavy atom. The number of hydrogen-bond acceptors (Lipinski definition) is 2. The van der Waals surface area contributed by atoms with Gasteiger partial charge in [-0.25, -0.2) is 0 Å². The lowest BCUT2D eigenvalue weighted by Crippen LogP contribution is -2.74. The average Bonchev–Trinajstić information content (AvgIpc) is 1.94. The predicted molar refractivity (Wildman–Crippen MR) is 46.7 cm³/mol. The third-order valence-corrected chi connectivity index (χ3v) is 4.50. The Bertz CT molecular complexity index is 210. The van der Waals surface area contributed by atoms with E-state index in [0.29, 0.717) is 5.92 Å². The van der Waals surface area contributed by atoms with Crippen LogP contribution in [0.4, 0.5) is 0 Å². The standard InChI is InChI=1S/C10H18O2/c1-8(2)7-4-5-9(3,11)10(8,12)6-7/h7,11-12H,4-6H2,1-3H3/t7-,9+,10+/m0/s1. The van der Waals surface area contributed by atoms with Crippen molar-refractivity contribution in [3.05, 3.63) is 0 Å². The predicted octanol–water partition coefficient (Wildman–Crippen LogP) is 1.31. The lowest BCUT2D eigenvalue weighted by Gasteiger charge is -2.68. The Morgan fingerprint density at radius 3 is 2.08 bits per heavy atom. The zero-order chi connectivity index (χ0) is 9.20. The van der Waals surface area contributed by atoms with Crippen LogP contribution in [0.25, 0.3) is 0 Å². The third-order valence-electron chi connectivity index (χ3n) is 4.50.